The molecule has 2 rings (SSSR count). The second-order valence-corrected chi connectivity index (χ2v) is 6.11. The monoisotopic (exact) mass is 297 g/mol. The van der Waals surface area contributed by atoms with Crippen LogP contribution in [0.2, 0.25) is 0 Å². The zero-order valence-corrected chi connectivity index (χ0v) is 12.3. The molecule has 0 aliphatic heterocycles. The van der Waals surface area contributed by atoms with E-state index in [1.165, 1.54) is 19.3 Å². The van der Waals surface area contributed by atoms with Crippen molar-refractivity contribution in [2.45, 2.75) is 39.2 Å². The number of aryl methyl sites for hydroxylation is 1. The molecule has 0 radical (unpaired) electrons. The number of nitrogens with zero attached hydrogens (tertiary/aromatic N) is 1. The Morgan fingerprint density at radius 3 is 2.70 bits per heavy atom. The molecule has 1 aliphatic rings. The van der Waals surface area contributed by atoms with Gasteiger partial charge in [-0.25, -0.2) is 14.6 Å². The predicted octanol–water partition coefficient (Wildman–Crippen LogP) is 2.14. The fourth-order valence-electron chi connectivity index (χ4n) is 2.12. The maximum absolute atomic E-state index is 11.6. The Morgan fingerprint density at radius 2 is 2.15 bits per heavy atom. The first-order valence-electron chi connectivity index (χ1n) is 6.77. The zero-order chi connectivity index (χ0) is 14.5. The number of amides is 2. The van der Waals surface area contributed by atoms with E-state index in [0.717, 1.165) is 23.7 Å². The average Bonchev–Trinajstić information content (AvgIpc) is 2.71. The summed E-state index contributed by atoms with van der Waals surface area (Å²) in [6.07, 6.45) is 4.90. The highest BCUT2D eigenvalue weighted by atomic mass is 32.1. The lowest BCUT2D eigenvalue weighted by Gasteiger charge is -2.25. The molecule has 1 saturated carbocycles. The summed E-state index contributed by atoms with van der Waals surface area (Å²) in [7, 11) is 0. The summed E-state index contributed by atoms with van der Waals surface area (Å²) in [6, 6.07) is -0.228. The SMILES string of the molecule is Cc1nc(CNC(=O)NCCC2CCC2)sc1C(=O)O. The number of nitrogens with one attached hydrogen (secondary N) is 2. The van der Waals surface area contributed by atoms with Gasteiger partial charge in [-0.05, 0) is 19.3 Å². The van der Waals surface area contributed by atoms with Crippen LogP contribution in [0.5, 0.6) is 0 Å². The largest absolute Gasteiger partial charge is 0.477 e. The second-order valence-electron chi connectivity index (χ2n) is 5.02. The lowest BCUT2D eigenvalue weighted by Crippen LogP contribution is -2.36. The van der Waals surface area contributed by atoms with Gasteiger partial charge in [0.25, 0.3) is 0 Å². The molecule has 0 saturated heterocycles. The molecule has 6 nitrogen and oxygen atoms in total. The summed E-state index contributed by atoms with van der Waals surface area (Å²) in [4.78, 5) is 26.8. The highest BCUT2D eigenvalue weighted by molar-refractivity contribution is 7.13. The van der Waals surface area contributed by atoms with E-state index in [-0.39, 0.29) is 17.5 Å². The van der Waals surface area contributed by atoms with Gasteiger partial charge < -0.3 is 15.7 Å². The molecule has 20 heavy (non-hydrogen) atoms. The van der Waals surface area contributed by atoms with E-state index in [2.05, 4.69) is 15.6 Å². The summed E-state index contributed by atoms with van der Waals surface area (Å²) in [5.41, 5.74) is 0.490. The maximum Gasteiger partial charge on any atom is 0.347 e. The number of urea groups is 1. The van der Waals surface area contributed by atoms with Crippen molar-refractivity contribution in [1.82, 2.24) is 15.6 Å². The fraction of sp³-hybridized carbons (Fsp3) is 0.615. The molecular weight excluding hydrogens is 278 g/mol. The van der Waals surface area contributed by atoms with E-state index in [1.54, 1.807) is 6.92 Å². The molecule has 0 unspecified atom stereocenters. The molecule has 0 aromatic carbocycles. The van der Waals surface area contributed by atoms with Crippen molar-refractivity contribution in [3.63, 3.8) is 0 Å². The number of aromatic carboxylic acids is 1. The number of thiazole rings is 1. The van der Waals surface area contributed by atoms with Gasteiger partial charge in [-0.1, -0.05) is 19.3 Å². The van der Waals surface area contributed by atoms with Crippen LogP contribution in [-0.2, 0) is 6.54 Å². The maximum atomic E-state index is 11.6. The normalized spacial score (nSPS) is 14.7. The van der Waals surface area contributed by atoms with Crippen molar-refractivity contribution in [2.75, 3.05) is 6.54 Å². The quantitative estimate of drug-likeness (QED) is 0.750. The van der Waals surface area contributed by atoms with Gasteiger partial charge in [0.2, 0.25) is 0 Å². The molecule has 7 heteroatoms. The Hall–Kier alpha value is -1.63. The standard InChI is InChI=1S/C13H19N3O3S/c1-8-11(12(17)18)20-10(16-8)7-15-13(19)14-6-5-9-3-2-4-9/h9H,2-7H2,1H3,(H,17,18)(H2,14,15,19). The minimum Gasteiger partial charge on any atom is -0.477 e. The Labute approximate surface area is 121 Å². The smallest absolute Gasteiger partial charge is 0.347 e. The molecule has 110 valence electrons. The van der Waals surface area contributed by atoms with Crippen molar-refractivity contribution in [2.24, 2.45) is 5.92 Å². The predicted molar refractivity (Wildman–Crippen MR) is 76.0 cm³/mol. The van der Waals surface area contributed by atoms with Crippen molar-refractivity contribution in [3.8, 4) is 0 Å². The van der Waals surface area contributed by atoms with E-state index in [0.29, 0.717) is 17.2 Å². The summed E-state index contributed by atoms with van der Waals surface area (Å²) >= 11 is 1.10. The summed E-state index contributed by atoms with van der Waals surface area (Å²) in [6.45, 7) is 2.60. The molecular formula is C13H19N3O3S. The second kappa shape index (κ2) is 6.69. The number of carboxylic acid groups (broad SMARTS) is 1. The van der Waals surface area contributed by atoms with Crippen LogP contribution >= 0.6 is 11.3 Å². The third-order valence-electron chi connectivity index (χ3n) is 3.50. The van der Waals surface area contributed by atoms with Crippen LogP contribution in [0, 0.1) is 12.8 Å². The Morgan fingerprint density at radius 1 is 1.40 bits per heavy atom. The number of carbonyl (C=O) groups is 2. The third-order valence-corrected chi connectivity index (χ3v) is 4.64. The lowest BCUT2D eigenvalue weighted by atomic mass is 9.83. The van der Waals surface area contributed by atoms with Gasteiger partial charge in [-0.3, -0.25) is 0 Å². The Balaban J connectivity index is 1.69. The zero-order valence-electron chi connectivity index (χ0n) is 11.4. The van der Waals surface area contributed by atoms with E-state index in [1.807, 2.05) is 0 Å². The van der Waals surface area contributed by atoms with E-state index >= 15 is 0 Å². The number of aromatic nitrogens is 1. The summed E-state index contributed by atoms with van der Waals surface area (Å²) in [5, 5.41) is 15.0. The Bertz CT molecular complexity index is 497. The molecule has 1 fully saturated rings. The summed E-state index contributed by atoms with van der Waals surface area (Å²) in [5.74, 6) is -0.203. The molecule has 3 N–H and O–H groups in total. The van der Waals surface area contributed by atoms with E-state index < -0.39 is 5.97 Å². The van der Waals surface area contributed by atoms with Crippen molar-refractivity contribution in [1.29, 1.82) is 0 Å². The number of carbonyl (C=O) groups excluding carboxylic acids is 1. The van der Waals surface area contributed by atoms with E-state index in [9.17, 15) is 9.59 Å². The minimum absolute atomic E-state index is 0.228. The number of hydrogen-bond acceptors (Lipinski definition) is 4. The van der Waals surface area contributed by atoms with Crippen LogP contribution in [0.15, 0.2) is 0 Å². The highest BCUT2D eigenvalue weighted by Gasteiger charge is 2.17. The molecule has 1 aromatic rings. The first-order chi connectivity index (χ1) is 9.56. The average molecular weight is 297 g/mol. The molecule has 1 aromatic heterocycles. The summed E-state index contributed by atoms with van der Waals surface area (Å²) < 4.78 is 0. The number of hydrogen-bond donors (Lipinski definition) is 3. The molecule has 0 spiro atoms. The Kier molecular flexibility index (Phi) is 4.94. The van der Waals surface area contributed by atoms with Gasteiger partial charge in [0, 0.05) is 6.54 Å². The highest BCUT2D eigenvalue weighted by Crippen LogP contribution is 2.28. The molecule has 1 heterocycles. The molecule has 1 aliphatic carbocycles. The van der Waals surface area contributed by atoms with Crippen LogP contribution in [-0.4, -0.2) is 28.6 Å². The third kappa shape index (κ3) is 3.93. The topological polar surface area (TPSA) is 91.3 Å². The fourth-order valence-corrected chi connectivity index (χ4v) is 2.96. The van der Waals surface area contributed by atoms with Crippen molar-refractivity contribution >= 4 is 23.3 Å². The van der Waals surface area contributed by atoms with Crippen LogP contribution < -0.4 is 10.6 Å². The van der Waals surface area contributed by atoms with Crippen molar-refractivity contribution < 1.29 is 14.7 Å². The minimum atomic E-state index is -0.976. The number of carboxylic acids is 1. The lowest BCUT2D eigenvalue weighted by molar-refractivity contribution is 0.0701. The van der Waals surface area contributed by atoms with Crippen LogP contribution in [0.3, 0.4) is 0 Å². The first kappa shape index (κ1) is 14.8. The molecule has 2 amide bonds. The first-order valence-corrected chi connectivity index (χ1v) is 7.59. The van der Waals surface area contributed by atoms with Gasteiger partial charge >= 0.3 is 12.0 Å². The van der Waals surface area contributed by atoms with E-state index in [4.69, 9.17) is 5.11 Å². The van der Waals surface area contributed by atoms with Gasteiger partial charge in [-0.15, -0.1) is 11.3 Å². The number of rotatable bonds is 6. The van der Waals surface area contributed by atoms with Crippen LogP contribution in [0.25, 0.3) is 0 Å². The van der Waals surface area contributed by atoms with Crippen molar-refractivity contribution in [3.05, 3.63) is 15.6 Å². The van der Waals surface area contributed by atoms with Gasteiger partial charge in [0.15, 0.2) is 0 Å². The van der Waals surface area contributed by atoms with Gasteiger partial charge in [0.1, 0.15) is 9.88 Å². The van der Waals surface area contributed by atoms with Gasteiger partial charge in [-0.2, -0.15) is 0 Å². The molecule has 0 bridgehead atoms. The van der Waals surface area contributed by atoms with Crippen LogP contribution in [0.1, 0.15) is 46.1 Å². The molecule has 0 atom stereocenters. The van der Waals surface area contributed by atoms with Crippen LogP contribution in [0.4, 0.5) is 4.79 Å². The van der Waals surface area contributed by atoms with Gasteiger partial charge in [0.05, 0.1) is 12.2 Å².